The van der Waals surface area contributed by atoms with Crippen molar-refractivity contribution in [3.05, 3.63) is 87.4 Å². The molecular formula is C23H18ClFN2O3S. The van der Waals surface area contributed by atoms with Crippen LogP contribution in [-0.4, -0.2) is 23.8 Å². The molecule has 0 saturated heterocycles. The Labute approximate surface area is 187 Å². The number of rotatable bonds is 6. The van der Waals surface area contributed by atoms with E-state index in [9.17, 15) is 9.18 Å². The Balaban J connectivity index is 1.87. The first-order chi connectivity index (χ1) is 15.0. The Bertz CT molecular complexity index is 1330. The third-order valence-electron chi connectivity index (χ3n) is 4.74. The van der Waals surface area contributed by atoms with Crippen LogP contribution in [-0.2, 0) is 5.75 Å². The predicted octanol–water partition coefficient (Wildman–Crippen LogP) is 5.49. The van der Waals surface area contributed by atoms with Gasteiger partial charge >= 0.3 is 0 Å². The van der Waals surface area contributed by atoms with E-state index < -0.39 is 5.82 Å². The lowest BCUT2D eigenvalue weighted by molar-refractivity contribution is 0.392. The van der Waals surface area contributed by atoms with Gasteiger partial charge in [-0.15, -0.1) is 0 Å². The Hall–Kier alpha value is -3.03. The van der Waals surface area contributed by atoms with Crippen LogP contribution in [0, 0.1) is 5.82 Å². The SMILES string of the molecule is COc1ccc(-n2c(SCc3ccc(F)cc3Cl)nc3ccccc3c2=O)c(OC)c1. The number of nitrogens with zero attached hydrogens (tertiary/aromatic N) is 2. The van der Waals surface area contributed by atoms with Gasteiger partial charge in [0, 0.05) is 16.8 Å². The fourth-order valence-electron chi connectivity index (χ4n) is 3.17. The Morgan fingerprint density at radius 3 is 2.61 bits per heavy atom. The molecule has 8 heteroatoms. The maximum atomic E-state index is 13.4. The molecule has 0 N–H and O–H groups in total. The Kier molecular flexibility index (Phi) is 6.15. The van der Waals surface area contributed by atoms with E-state index in [1.165, 1.54) is 35.6 Å². The molecule has 0 amide bonds. The highest BCUT2D eigenvalue weighted by molar-refractivity contribution is 7.98. The molecule has 0 aliphatic heterocycles. The molecule has 3 aromatic carbocycles. The van der Waals surface area contributed by atoms with Crippen molar-refractivity contribution in [2.45, 2.75) is 10.9 Å². The molecule has 0 atom stereocenters. The fourth-order valence-corrected chi connectivity index (χ4v) is 4.50. The van der Waals surface area contributed by atoms with Crippen LogP contribution in [0.25, 0.3) is 16.6 Å². The van der Waals surface area contributed by atoms with E-state index in [2.05, 4.69) is 0 Å². The summed E-state index contributed by atoms with van der Waals surface area (Å²) >= 11 is 7.52. The molecule has 0 saturated carbocycles. The molecule has 0 unspecified atom stereocenters. The Morgan fingerprint density at radius 1 is 1.06 bits per heavy atom. The second-order valence-corrected chi connectivity index (χ2v) is 7.96. The number of ether oxygens (including phenoxy) is 2. The lowest BCUT2D eigenvalue weighted by Crippen LogP contribution is -2.22. The zero-order valence-corrected chi connectivity index (χ0v) is 18.3. The molecule has 0 spiro atoms. The molecule has 1 aromatic heterocycles. The highest BCUT2D eigenvalue weighted by Gasteiger charge is 2.17. The van der Waals surface area contributed by atoms with Gasteiger partial charge in [0.25, 0.3) is 5.56 Å². The number of methoxy groups -OCH3 is 2. The number of fused-ring (bicyclic) bond motifs is 1. The van der Waals surface area contributed by atoms with Gasteiger partial charge in [0.15, 0.2) is 5.16 Å². The van der Waals surface area contributed by atoms with Crippen LogP contribution in [0.15, 0.2) is 70.6 Å². The number of aromatic nitrogens is 2. The smallest absolute Gasteiger partial charge is 0.266 e. The van der Waals surface area contributed by atoms with Crippen molar-refractivity contribution in [2.75, 3.05) is 14.2 Å². The van der Waals surface area contributed by atoms with Crippen LogP contribution < -0.4 is 15.0 Å². The lowest BCUT2D eigenvalue weighted by atomic mass is 10.2. The molecule has 4 rings (SSSR count). The van der Waals surface area contributed by atoms with Gasteiger partial charge in [-0.05, 0) is 42.0 Å². The summed E-state index contributed by atoms with van der Waals surface area (Å²) in [6.45, 7) is 0. The summed E-state index contributed by atoms with van der Waals surface area (Å²) in [5.41, 5.74) is 1.65. The van der Waals surface area contributed by atoms with E-state index in [-0.39, 0.29) is 5.56 Å². The van der Waals surface area contributed by atoms with E-state index in [1.807, 2.05) is 6.07 Å². The van der Waals surface area contributed by atoms with E-state index in [0.29, 0.717) is 44.0 Å². The zero-order valence-electron chi connectivity index (χ0n) is 16.8. The lowest BCUT2D eigenvalue weighted by Gasteiger charge is -2.16. The zero-order chi connectivity index (χ0) is 22.0. The van der Waals surface area contributed by atoms with Crippen molar-refractivity contribution in [3.8, 4) is 17.2 Å². The van der Waals surface area contributed by atoms with E-state index in [1.54, 1.807) is 49.6 Å². The van der Waals surface area contributed by atoms with Gasteiger partial charge in [-0.3, -0.25) is 9.36 Å². The molecule has 0 aliphatic rings. The second kappa shape index (κ2) is 8.99. The van der Waals surface area contributed by atoms with Gasteiger partial charge in [-0.1, -0.05) is 41.6 Å². The van der Waals surface area contributed by atoms with Crippen LogP contribution in [0.5, 0.6) is 11.5 Å². The summed E-state index contributed by atoms with van der Waals surface area (Å²) in [6, 6.07) is 16.6. The highest BCUT2D eigenvalue weighted by atomic mass is 35.5. The normalized spacial score (nSPS) is 11.0. The van der Waals surface area contributed by atoms with Crippen molar-refractivity contribution in [2.24, 2.45) is 0 Å². The maximum absolute atomic E-state index is 13.4. The summed E-state index contributed by atoms with van der Waals surface area (Å²) in [5.74, 6) is 1.08. The third-order valence-corrected chi connectivity index (χ3v) is 6.08. The minimum absolute atomic E-state index is 0.221. The molecule has 5 nitrogen and oxygen atoms in total. The number of thioether (sulfide) groups is 1. The molecular weight excluding hydrogens is 439 g/mol. The first-order valence-electron chi connectivity index (χ1n) is 9.32. The maximum Gasteiger partial charge on any atom is 0.266 e. The molecule has 158 valence electrons. The number of hydrogen-bond donors (Lipinski definition) is 0. The van der Waals surface area contributed by atoms with E-state index >= 15 is 0 Å². The number of para-hydroxylation sites is 1. The first kappa shape index (κ1) is 21.2. The predicted molar refractivity (Wildman–Crippen MR) is 121 cm³/mol. The van der Waals surface area contributed by atoms with Crippen molar-refractivity contribution in [3.63, 3.8) is 0 Å². The second-order valence-electron chi connectivity index (χ2n) is 6.61. The van der Waals surface area contributed by atoms with Crippen LogP contribution in [0.4, 0.5) is 4.39 Å². The van der Waals surface area contributed by atoms with Crippen LogP contribution >= 0.6 is 23.4 Å². The summed E-state index contributed by atoms with van der Waals surface area (Å²) in [6.07, 6.45) is 0. The van der Waals surface area contributed by atoms with E-state index in [4.69, 9.17) is 26.1 Å². The summed E-state index contributed by atoms with van der Waals surface area (Å²) in [4.78, 5) is 18.2. The molecule has 4 aromatic rings. The molecule has 0 radical (unpaired) electrons. The monoisotopic (exact) mass is 456 g/mol. The fraction of sp³-hybridized carbons (Fsp3) is 0.130. The average Bonchev–Trinajstić information content (AvgIpc) is 2.78. The quantitative estimate of drug-likeness (QED) is 0.284. The first-order valence-corrected chi connectivity index (χ1v) is 10.7. The van der Waals surface area contributed by atoms with E-state index in [0.717, 1.165) is 5.56 Å². The molecule has 31 heavy (non-hydrogen) atoms. The van der Waals surface area contributed by atoms with Crippen LogP contribution in [0.2, 0.25) is 5.02 Å². The number of halogens is 2. The summed E-state index contributed by atoms with van der Waals surface area (Å²) in [5, 5.41) is 1.28. The van der Waals surface area contributed by atoms with Gasteiger partial charge < -0.3 is 9.47 Å². The third kappa shape index (κ3) is 4.24. The van der Waals surface area contributed by atoms with Gasteiger partial charge in [0.05, 0.1) is 30.8 Å². The van der Waals surface area contributed by atoms with Gasteiger partial charge in [0.2, 0.25) is 0 Å². The Morgan fingerprint density at radius 2 is 1.87 bits per heavy atom. The topological polar surface area (TPSA) is 53.4 Å². The van der Waals surface area contributed by atoms with Crippen molar-refractivity contribution < 1.29 is 13.9 Å². The van der Waals surface area contributed by atoms with Gasteiger partial charge in [0.1, 0.15) is 17.3 Å². The molecule has 0 bridgehead atoms. The highest BCUT2D eigenvalue weighted by Crippen LogP contribution is 2.32. The molecule has 0 aliphatic carbocycles. The van der Waals surface area contributed by atoms with Crippen molar-refractivity contribution >= 4 is 34.3 Å². The number of hydrogen-bond acceptors (Lipinski definition) is 5. The van der Waals surface area contributed by atoms with Crippen molar-refractivity contribution in [1.82, 2.24) is 9.55 Å². The minimum Gasteiger partial charge on any atom is -0.497 e. The number of benzene rings is 3. The van der Waals surface area contributed by atoms with Crippen LogP contribution in [0.3, 0.4) is 0 Å². The molecule has 0 fully saturated rings. The minimum atomic E-state index is -0.401. The average molecular weight is 457 g/mol. The van der Waals surface area contributed by atoms with Gasteiger partial charge in [-0.25, -0.2) is 9.37 Å². The summed E-state index contributed by atoms with van der Waals surface area (Å²) in [7, 11) is 3.09. The standard InChI is InChI=1S/C23H18ClFN2O3S/c1-29-16-9-10-20(21(12-16)30-2)27-22(28)17-5-3-4-6-19(17)26-23(27)31-13-14-7-8-15(25)11-18(14)24/h3-12H,13H2,1-2H3. The molecule has 1 heterocycles. The largest absolute Gasteiger partial charge is 0.497 e. The van der Waals surface area contributed by atoms with Crippen LogP contribution in [0.1, 0.15) is 5.56 Å². The van der Waals surface area contributed by atoms with Gasteiger partial charge in [-0.2, -0.15) is 0 Å². The van der Waals surface area contributed by atoms with Crippen molar-refractivity contribution in [1.29, 1.82) is 0 Å². The summed E-state index contributed by atoms with van der Waals surface area (Å²) < 4.78 is 25.7.